The normalized spacial score (nSPS) is 11.6. The van der Waals surface area contributed by atoms with Crippen molar-refractivity contribution in [3.8, 4) is 17.2 Å². The highest BCUT2D eigenvalue weighted by molar-refractivity contribution is 6.07. The highest BCUT2D eigenvalue weighted by Gasteiger charge is 2.24. The summed E-state index contributed by atoms with van der Waals surface area (Å²) >= 11 is 0. The van der Waals surface area contributed by atoms with E-state index in [4.69, 9.17) is 14.2 Å². The number of rotatable bonds is 12. The van der Waals surface area contributed by atoms with Gasteiger partial charge in [0.25, 0.3) is 0 Å². The van der Waals surface area contributed by atoms with Crippen molar-refractivity contribution in [3.05, 3.63) is 59.2 Å². The van der Waals surface area contributed by atoms with E-state index in [9.17, 15) is 4.79 Å². The molecule has 2 aromatic carbocycles. The molecule has 0 spiro atoms. The van der Waals surface area contributed by atoms with Crippen LogP contribution in [0.25, 0.3) is 6.08 Å². The van der Waals surface area contributed by atoms with Crippen LogP contribution in [0.2, 0.25) is 0 Å². The van der Waals surface area contributed by atoms with E-state index >= 15 is 0 Å². The fraction of sp³-hybridized carbons (Fsp3) is 0.464. The maximum absolute atomic E-state index is 12.8. The predicted octanol–water partition coefficient (Wildman–Crippen LogP) is 7.25. The first-order valence-electron chi connectivity index (χ1n) is 11.6. The third-order valence-corrected chi connectivity index (χ3v) is 5.17. The Morgan fingerprint density at radius 2 is 1.53 bits per heavy atom. The predicted molar refractivity (Wildman–Crippen MR) is 132 cm³/mol. The summed E-state index contributed by atoms with van der Waals surface area (Å²) in [4.78, 5) is 12.8. The van der Waals surface area contributed by atoms with E-state index in [1.54, 1.807) is 37.5 Å². The Kier molecular flexibility index (Phi) is 9.83. The molecule has 174 valence electrons. The molecule has 0 N–H and O–H groups in total. The second kappa shape index (κ2) is 12.3. The molecule has 0 unspecified atom stereocenters. The summed E-state index contributed by atoms with van der Waals surface area (Å²) in [6, 6.07) is 11.2. The van der Waals surface area contributed by atoms with Crippen molar-refractivity contribution in [1.29, 1.82) is 0 Å². The Morgan fingerprint density at radius 1 is 0.906 bits per heavy atom. The SMILES string of the molecule is CCCCOc1cc(C=CC(=O)c2ccc(OC)cc2)c(C(C)(C)C)c(OCCCC)c1. The maximum Gasteiger partial charge on any atom is 0.185 e. The molecule has 0 aliphatic rings. The number of ether oxygens (including phenoxy) is 3. The third-order valence-electron chi connectivity index (χ3n) is 5.17. The Labute approximate surface area is 193 Å². The summed E-state index contributed by atoms with van der Waals surface area (Å²) in [7, 11) is 1.61. The van der Waals surface area contributed by atoms with Crippen molar-refractivity contribution in [1.82, 2.24) is 0 Å². The van der Waals surface area contributed by atoms with Crippen molar-refractivity contribution in [2.75, 3.05) is 20.3 Å². The first-order valence-corrected chi connectivity index (χ1v) is 11.6. The van der Waals surface area contributed by atoms with Crippen molar-refractivity contribution >= 4 is 11.9 Å². The molecule has 2 rings (SSSR count). The summed E-state index contributed by atoms with van der Waals surface area (Å²) in [5.74, 6) is 2.27. The van der Waals surface area contributed by atoms with E-state index in [1.165, 1.54) is 0 Å². The molecule has 0 bridgehead atoms. The van der Waals surface area contributed by atoms with E-state index < -0.39 is 0 Å². The van der Waals surface area contributed by atoms with Gasteiger partial charge in [-0.1, -0.05) is 53.5 Å². The lowest BCUT2D eigenvalue weighted by Crippen LogP contribution is -2.16. The lowest BCUT2D eigenvalue weighted by atomic mass is 9.82. The molecular weight excluding hydrogens is 400 g/mol. The van der Waals surface area contributed by atoms with Crippen LogP contribution in [0.5, 0.6) is 17.2 Å². The van der Waals surface area contributed by atoms with Crippen LogP contribution in [0, 0.1) is 0 Å². The highest BCUT2D eigenvalue weighted by Crippen LogP contribution is 2.38. The molecule has 0 radical (unpaired) electrons. The van der Waals surface area contributed by atoms with Gasteiger partial charge < -0.3 is 14.2 Å². The van der Waals surface area contributed by atoms with Gasteiger partial charge in [-0.2, -0.15) is 0 Å². The summed E-state index contributed by atoms with van der Waals surface area (Å²) in [6.07, 6.45) is 7.63. The van der Waals surface area contributed by atoms with E-state index in [0.29, 0.717) is 18.8 Å². The molecule has 0 saturated heterocycles. The minimum absolute atomic E-state index is 0.0572. The summed E-state index contributed by atoms with van der Waals surface area (Å²) < 4.78 is 17.4. The Morgan fingerprint density at radius 3 is 2.09 bits per heavy atom. The van der Waals surface area contributed by atoms with Crippen molar-refractivity contribution < 1.29 is 19.0 Å². The van der Waals surface area contributed by atoms with Crippen LogP contribution in [0.15, 0.2) is 42.5 Å². The van der Waals surface area contributed by atoms with Crippen LogP contribution in [-0.4, -0.2) is 26.1 Å². The van der Waals surface area contributed by atoms with Gasteiger partial charge in [0.1, 0.15) is 17.2 Å². The summed E-state index contributed by atoms with van der Waals surface area (Å²) in [6.45, 7) is 12.1. The molecule has 0 heterocycles. The molecule has 4 nitrogen and oxygen atoms in total. The minimum atomic E-state index is -0.160. The second-order valence-electron chi connectivity index (χ2n) is 8.97. The van der Waals surface area contributed by atoms with Crippen LogP contribution in [-0.2, 0) is 5.41 Å². The fourth-order valence-electron chi connectivity index (χ4n) is 3.42. The number of unbranched alkanes of at least 4 members (excludes halogenated alkanes) is 2. The van der Waals surface area contributed by atoms with Gasteiger partial charge in [-0.3, -0.25) is 4.79 Å². The van der Waals surface area contributed by atoms with Gasteiger partial charge in [0.2, 0.25) is 0 Å². The number of ketones is 1. The lowest BCUT2D eigenvalue weighted by Gasteiger charge is -2.26. The molecule has 0 aromatic heterocycles. The molecule has 0 aliphatic heterocycles. The molecule has 0 saturated carbocycles. The van der Waals surface area contributed by atoms with Gasteiger partial charge in [-0.05, 0) is 60.2 Å². The quantitative estimate of drug-likeness (QED) is 0.199. The summed E-state index contributed by atoms with van der Waals surface area (Å²) in [5, 5.41) is 0. The molecule has 32 heavy (non-hydrogen) atoms. The number of carbonyl (C=O) groups excluding carboxylic acids is 1. The van der Waals surface area contributed by atoms with Gasteiger partial charge in [0.15, 0.2) is 5.78 Å². The van der Waals surface area contributed by atoms with Gasteiger partial charge in [0.05, 0.1) is 20.3 Å². The second-order valence-corrected chi connectivity index (χ2v) is 8.97. The van der Waals surface area contributed by atoms with Crippen molar-refractivity contribution in [3.63, 3.8) is 0 Å². The lowest BCUT2D eigenvalue weighted by molar-refractivity contribution is 0.104. The topological polar surface area (TPSA) is 44.8 Å². The average molecular weight is 439 g/mol. The van der Waals surface area contributed by atoms with E-state index in [1.807, 2.05) is 18.2 Å². The largest absolute Gasteiger partial charge is 0.497 e. The van der Waals surface area contributed by atoms with Crippen LogP contribution in [0.4, 0.5) is 0 Å². The maximum atomic E-state index is 12.8. The van der Waals surface area contributed by atoms with E-state index in [-0.39, 0.29) is 11.2 Å². The number of hydrogen-bond acceptors (Lipinski definition) is 4. The Hall–Kier alpha value is -2.75. The number of benzene rings is 2. The monoisotopic (exact) mass is 438 g/mol. The molecule has 0 atom stereocenters. The highest BCUT2D eigenvalue weighted by atomic mass is 16.5. The standard InChI is InChI=1S/C28H38O4/c1-7-9-17-31-24-19-22(13-16-25(29)21-11-14-23(30-6)15-12-21)27(28(3,4)5)26(20-24)32-18-10-8-2/h11-16,19-20H,7-10,17-18H2,1-6H3. The molecular formula is C28H38O4. The number of hydrogen-bond donors (Lipinski definition) is 0. The summed E-state index contributed by atoms with van der Waals surface area (Å²) in [5.41, 5.74) is 2.48. The Bertz CT molecular complexity index is 889. The van der Waals surface area contributed by atoms with Crippen LogP contribution < -0.4 is 14.2 Å². The van der Waals surface area contributed by atoms with Gasteiger partial charge >= 0.3 is 0 Å². The van der Waals surface area contributed by atoms with Gasteiger partial charge in [-0.25, -0.2) is 0 Å². The zero-order valence-corrected chi connectivity index (χ0v) is 20.5. The first-order chi connectivity index (χ1) is 15.3. The Balaban J connectivity index is 2.43. The van der Waals surface area contributed by atoms with Crippen molar-refractivity contribution in [2.45, 2.75) is 65.7 Å². The van der Waals surface area contributed by atoms with Gasteiger partial charge in [0, 0.05) is 17.2 Å². The zero-order chi connectivity index (χ0) is 23.6. The molecule has 4 heteroatoms. The fourth-order valence-corrected chi connectivity index (χ4v) is 3.42. The minimum Gasteiger partial charge on any atom is -0.497 e. The molecule has 0 aliphatic carbocycles. The molecule has 0 amide bonds. The smallest absolute Gasteiger partial charge is 0.185 e. The van der Waals surface area contributed by atoms with Crippen molar-refractivity contribution in [2.24, 2.45) is 0 Å². The zero-order valence-electron chi connectivity index (χ0n) is 20.5. The molecule has 0 fully saturated rings. The van der Waals surface area contributed by atoms with E-state index in [0.717, 1.165) is 54.1 Å². The average Bonchev–Trinajstić information content (AvgIpc) is 2.77. The number of allylic oxidation sites excluding steroid dienone is 1. The van der Waals surface area contributed by atoms with Gasteiger partial charge in [-0.15, -0.1) is 0 Å². The van der Waals surface area contributed by atoms with E-state index in [2.05, 4.69) is 34.6 Å². The molecule has 2 aromatic rings. The van der Waals surface area contributed by atoms with Crippen LogP contribution in [0.3, 0.4) is 0 Å². The van der Waals surface area contributed by atoms with Crippen LogP contribution in [0.1, 0.15) is 81.8 Å². The van der Waals surface area contributed by atoms with Crippen LogP contribution >= 0.6 is 0 Å². The number of carbonyl (C=O) groups is 1. The first kappa shape index (κ1) is 25.5. The third kappa shape index (κ3) is 7.44. The number of methoxy groups -OCH3 is 1.